The number of likely N-dealkylation sites (N-methyl/N-ethyl adjacent to an activating group) is 1. The predicted octanol–water partition coefficient (Wildman–Crippen LogP) is 2.56. The Hall–Kier alpha value is -2.62. The number of amides is 2. The maximum absolute atomic E-state index is 12.4. The third kappa shape index (κ3) is 3.26. The second-order valence-electron chi connectivity index (χ2n) is 5.81. The highest BCUT2D eigenvalue weighted by molar-refractivity contribution is 5.96. The summed E-state index contributed by atoms with van der Waals surface area (Å²) in [6.45, 7) is 0.0168. The topological polar surface area (TPSA) is 49.4 Å². The van der Waals surface area contributed by atoms with Crippen molar-refractivity contribution in [2.75, 3.05) is 13.6 Å². The molecule has 3 rings (SSSR count). The second kappa shape index (κ2) is 6.65. The molecular weight excluding hydrogens is 288 g/mol. The van der Waals surface area contributed by atoms with Crippen LogP contribution in [0.2, 0.25) is 0 Å². The Balaban J connectivity index is 1.60. The first-order valence-electron chi connectivity index (χ1n) is 7.83. The molecule has 0 aliphatic heterocycles. The van der Waals surface area contributed by atoms with E-state index in [9.17, 15) is 9.59 Å². The van der Waals surface area contributed by atoms with Crippen LogP contribution >= 0.6 is 0 Å². The molecule has 2 aromatic carbocycles. The molecule has 0 heterocycles. The normalized spacial score (nSPS) is 15.8. The summed E-state index contributed by atoms with van der Waals surface area (Å²) in [5.41, 5.74) is 3.09. The summed E-state index contributed by atoms with van der Waals surface area (Å²) in [4.78, 5) is 26.1. The molecule has 0 radical (unpaired) electrons. The van der Waals surface area contributed by atoms with Gasteiger partial charge in [-0.25, -0.2) is 0 Å². The number of aryl methyl sites for hydroxylation is 1. The average Bonchev–Trinajstić information content (AvgIpc) is 3.03. The van der Waals surface area contributed by atoms with Gasteiger partial charge >= 0.3 is 0 Å². The van der Waals surface area contributed by atoms with Gasteiger partial charge in [0, 0.05) is 12.6 Å². The van der Waals surface area contributed by atoms with Crippen molar-refractivity contribution in [1.29, 1.82) is 0 Å². The molecule has 0 bridgehead atoms. The number of hydrogen-bond donors (Lipinski definition) is 1. The molecule has 118 valence electrons. The summed E-state index contributed by atoms with van der Waals surface area (Å²) < 4.78 is 0. The first kappa shape index (κ1) is 15.3. The summed E-state index contributed by atoms with van der Waals surface area (Å²) in [5, 5.41) is 2.70. The minimum absolute atomic E-state index is 0.0168. The molecule has 1 unspecified atom stereocenters. The summed E-state index contributed by atoms with van der Waals surface area (Å²) in [5.74, 6) is -0.296. The molecular formula is C19H20N2O2. The fourth-order valence-corrected chi connectivity index (χ4v) is 3.08. The van der Waals surface area contributed by atoms with Crippen molar-refractivity contribution in [3.8, 4) is 0 Å². The molecule has 2 amide bonds. The standard InChI is InChI=1S/C19H20N2O2/c1-21(17-12-11-14-7-5-6-10-16(14)17)18(22)13-20-19(23)15-8-3-2-4-9-15/h2-10,17H,11-13H2,1H3,(H,20,23). The van der Waals surface area contributed by atoms with Crippen LogP contribution in [0.4, 0.5) is 0 Å². The molecule has 0 spiro atoms. The average molecular weight is 308 g/mol. The maximum Gasteiger partial charge on any atom is 0.251 e. The van der Waals surface area contributed by atoms with Gasteiger partial charge in [-0.2, -0.15) is 0 Å². The molecule has 2 aromatic rings. The van der Waals surface area contributed by atoms with Crippen LogP contribution in [0, 0.1) is 0 Å². The number of fused-ring (bicyclic) bond motifs is 1. The largest absolute Gasteiger partial charge is 0.343 e. The fraction of sp³-hybridized carbons (Fsp3) is 0.263. The lowest BCUT2D eigenvalue weighted by Gasteiger charge is -2.25. The Morgan fingerprint density at radius 3 is 2.57 bits per heavy atom. The maximum atomic E-state index is 12.4. The van der Waals surface area contributed by atoms with E-state index in [-0.39, 0.29) is 24.4 Å². The Labute approximate surface area is 136 Å². The fourth-order valence-electron chi connectivity index (χ4n) is 3.08. The monoisotopic (exact) mass is 308 g/mol. The quantitative estimate of drug-likeness (QED) is 0.943. The Morgan fingerprint density at radius 1 is 1.09 bits per heavy atom. The third-order valence-corrected chi connectivity index (χ3v) is 4.40. The zero-order valence-corrected chi connectivity index (χ0v) is 13.2. The van der Waals surface area contributed by atoms with E-state index in [4.69, 9.17) is 0 Å². The van der Waals surface area contributed by atoms with Gasteiger partial charge in [-0.05, 0) is 36.1 Å². The lowest BCUT2D eigenvalue weighted by molar-refractivity contribution is -0.131. The van der Waals surface area contributed by atoms with E-state index in [1.165, 1.54) is 11.1 Å². The zero-order valence-electron chi connectivity index (χ0n) is 13.2. The SMILES string of the molecule is CN(C(=O)CNC(=O)c1ccccc1)C1CCc2ccccc21. The minimum Gasteiger partial charge on any atom is -0.343 e. The van der Waals surface area contributed by atoms with Gasteiger partial charge in [0.2, 0.25) is 5.91 Å². The van der Waals surface area contributed by atoms with E-state index < -0.39 is 0 Å². The van der Waals surface area contributed by atoms with Crippen molar-refractivity contribution in [1.82, 2.24) is 10.2 Å². The molecule has 0 aromatic heterocycles. The van der Waals surface area contributed by atoms with Crippen LogP contribution in [-0.4, -0.2) is 30.3 Å². The van der Waals surface area contributed by atoms with Gasteiger partial charge < -0.3 is 10.2 Å². The van der Waals surface area contributed by atoms with E-state index >= 15 is 0 Å². The van der Waals surface area contributed by atoms with E-state index in [1.807, 2.05) is 25.2 Å². The molecule has 0 saturated heterocycles. The molecule has 23 heavy (non-hydrogen) atoms. The van der Waals surface area contributed by atoms with Gasteiger partial charge in [0.15, 0.2) is 0 Å². The van der Waals surface area contributed by atoms with Crippen LogP contribution < -0.4 is 5.32 Å². The molecule has 0 fully saturated rings. The highest BCUT2D eigenvalue weighted by Gasteiger charge is 2.28. The van der Waals surface area contributed by atoms with Gasteiger partial charge in [-0.3, -0.25) is 9.59 Å². The summed E-state index contributed by atoms with van der Waals surface area (Å²) in [6.07, 6.45) is 1.93. The number of hydrogen-bond acceptors (Lipinski definition) is 2. The highest BCUT2D eigenvalue weighted by Crippen LogP contribution is 2.34. The second-order valence-corrected chi connectivity index (χ2v) is 5.81. The van der Waals surface area contributed by atoms with Crippen LogP contribution in [0.25, 0.3) is 0 Å². The van der Waals surface area contributed by atoms with Crippen LogP contribution in [0.5, 0.6) is 0 Å². The van der Waals surface area contributed by atoms with Crippen molar-refractivity contribution < 1.29 is 9.59 Å². The smallest absolute Gasteiger partial charge is 0.251 e. The Kier molecular flexibility index (Phi) is 4.42. The summed E-state index contributed by atoms with van der Waals surface area (Å²) >= 11 is 0. The zero-order chi connectivity index (χ0) is 16.2. The van der Waals surface area contributed by atoms with Gasteiger partial charge in [0.1, 0.15) is 0 Å². The number of carbonyl (C=O) groups is 2. The molecule has 0 saturated carbocycles. The number of nitrogens with zero attached hydrogens (tertiary/aromatic N) is 1. The lowest BCUT2D eigenvalue weighted by atomic mass is 10.1. The number of carbonyl (C=O) groups excluding carboxylic acids is 2. The van der Waals surface area contributed by atoms with E-state index in [2.05, 4.69) is 17.4 Å². The highest BCUT2D eigenvalue weighted by atomic mass is 16.2. The van der Waals surface area contributed by atoms with Crippen LogP contribution in [0.1, 0.15) is 33.9 Å². The van der Waals surface area contributed by atoms with E-state index in [0.717, 1.165) is 12.8 Å². The van der Waals surface area contributed by atoms with Gasteiger partial charge in [0.25, 0.3) is 5.91 Å². The van der Waals surface area contributed by atoms with E-state index in [0.29, 0.717) is 5.56 Å². The third-order valence-electron chi connectivity index (χ3n) is 4.40. The van der Waals surface area contributed by atoms with E-state index in [1.54, 1.807) is 29.2 Å². The molecule has 1 atom stereocenters. The Bertz CT molecular complexity index is 712. The van der Waals surface area contributed by atoms with Crippen molar-refractivity contribution >= 4 is 11.8 Å². The first-order chi connectivity index (χ1) is 11.2. The lowest BCUT2D eigenvalue weighted by Crippen LogP contribution is -2.39. The van der Waals surface area contributed by atoms with Crippen molar-refractivity contribution in [2.45, 2.75) is 18.9 Å². The predicted molar refractivity (Wildman–Crippen MR) is 89.0 cm³/mol. The van der Waals surface area contributed by atoms with Crippen LogP contribution in [0.3, 0.4) is 0 Å². The van der Waals surface area contributed by atoms with Gasteiger partial charge in [0.05, 0.1) is 12.6 Å². The molecule has 4 heteroatoms. The first-order valence-corrected chi connectivity index (χ1v) is 7.83. The van der Waals surface area contributed by atoms with Crippen LogP contribution in [-0.2, 0) is 11.2 Å². The van der Waals surface area contributed by atoms with Crippen molar-refractivity contribution in [2.24, 2.45) is 0 Å². The summed E-state index contributed by atoms with van der Waals surface area (Å²) in [7, 11) is 1.81. The number of nitrogens with one attached hydrogen (secondary N) is 1. The Morgan fingerprint density at radius 2 is 1.78 bits per heavy atom. The molecule has 1 N–H and O–H groups in total. The van der Waals surface area contributed by atoms with Gasteiger partial charge in [-0.15, -0.1) is 0 Å². The minimum atomic E-state index is -0.223. The summed E-state index contributed by atoms with van der Waals surface area (Å²) in [6, 6.07) is 17.3. The van der Waals surface area contributed by atoms with Crippen molar-refractivity contribution in [3.05, 3.63) is 71.3 Å². The number of benzene rings is 2. The van der Waals surface area contributed by atoms with Crippen LogP contribution in [0.15, 0.2) is 54.6 Å². The molecule has 4 nitrogen and oxygen atoms in total. The van der Waals surface area contributed by atoms with Gasteiger partial charge in [-0.1, -0.05) is 42.5 Å². The molecule has 1 aliphatic carbocycles. The number of rotatable bonds is 4. The molecule has 1 aliphatic rings. The van der Waals surface area contributed by atoms with Crippen molar-refractivity contribution in [3.63, 3.8) is 0 Å².